The van der Waals surface area contributed by atoms with Gasteiger partial charge in [-0.2, -0.15) is 0 Å². The largest absolute Gasteiger partial charge is 0.298 e. The van der Waals surface area contributed by atoms with E-state index in [9.17, 15) is 4.79 Å². The van der Waals surface area contributed by atoms with Crippen LogP contribution in [0.3, 0.4) is 0 Å². The fourth-order valence-corrected chi connectivity index (χ4v) is 2.67. The van der Waals surface area contributed by atoms with Crippen molar-refractivity contribution in [2.75, 3.05) is 5.75 Å². The Hall–Kier alpha value is -0.280. The van der Waals surface area contributed by atoms with E-state index in [4.69, 9.17) is 0 Å². The van der Waals surface area contributed by atoms with Crippen molar-refractivity contribution < 1.29 is 4.79 Å². The number of hydrogen-bond donors (Lipinski definition) is 0. The zero-order valence-corrected chi connectivity index (χ0v) is 9.58. The van der Waals surface area contributed by atoms with Gasteiger partial charge in [0.25, 0.3) is 0 Å². The van der Waals surface area contributed by atoms with Crippen LogP contribution in [0.4, 0.5) is 0 Å². The van der Waals surface area contributed by atoms with Crippen LogP contribution >= 0.6 is 23.1 Å². The van der Waals surface area contributed by atoms with Gasteiger partial charge in [-0.3, -0.25) is 4.79 Å². The van der Waals surface area contributed by atoms with Gasteiger partial charge in [0.05, 0.1) is 9.96 Å². The van der Waals surface area contributed by atoms with E-state index in [1.165, 1.54) is 4.21 Å². The van der Waals surface area contributed by atoms with E-state index in [2.05, 4.69) is 13.0 Å². The number of carbonyl (C=O) groups excluding carboxylic acids is 1. The van der Waals surface area contributed by atoms with Crippen molar-refractivity contribution in [2.24, 2.45) is 5.92 Å². The Balaban J connectivity index is 2.31. The third kappa shape index (κ3) is 3.53. The Morgan fingerprint density at radius 3 is 3.00 bits per heavy atom. The summed E-state index contributed by atoms with van der Waals surface area (Å²) in [5, 5.41) is 2.04. The first-order valence-electron chi connectivity index (χ1n) is 4.43. The third-order valence-electron chi connectivity index (χ3n) is 2.01. The molecule has 0 N–H and O–H groups in total. The molecular weight excluding hydrogens is 200 g/mol. The van der Waals surface area contributed by atoms with Crippen LogP contribution < -0.4 is 0 Å². The number of thioether (sulfide) groups is 1. The average Bonchev–Trinajstić information content (AvgIpc) is 2.65. The summed E-state index contributed by atoms with van der Waals surface area (Å²) in [7, 11) is 0. The van der Waals surface area contributed by atoms with Gasteiger partial charge in [-0.25, -0.2) is 0 Å². The molecule has 1 rings (SSSR count). The maximum absolute atomic E-state index is 11.5. The standard InChI is InChI=1S/C10H14OS2/c1-3-8(2)9(11)7-13-10-5-4-6-12-10/h4-6,8H,3,7H2,1-2H3. The Morgan fingerprint density at radius 1 is 1.69 bits per heavy atom. The number of Topliss-reactive ketones (excluding diaryl/α,β-unsaturated/α-hetero) is 1. The number of carbonyl (C=O) groups is 1. The normalized spacial score (nSPS) is 12.8. The van der Waals surface area contributed by atoms with E-state index in [1.807, 2.05) is 18.4 Å². The summed E-state index contributed by atoms with van der Waals surface area (Å²) in [6, 6.07) is 4.07. The zero-order chi connectivity index (χ0) is 9.68. The fraction of sp³-hybridized carbons (Fsp3) is 0.500. The molecule has 0 saturated carbocycles. The maximum atomic E-state index is 11.5. The summed E-state index contributed by atoms with van der Waals surface area (Å²) >= 11 is 3.34. The van der Waals surface area contributed by atoms with Crippen LogP contribution in [0.1, 0.15) is 20.3 Å². The average molecular weight is 214 g/mol. The van der Waals surface area contributed by atoms with Gasteiger partial charge in [-0.05, 0) is 17.9 Å². The van der Waals surface area contributed by atoms with E-state index in [1.54, 1.807) is 23.1 Å². The molecule has 0 aliphatic heterocycles. The minimum absolute atomic E-state index is 0.215. The molecule has 0 fully saturated rings. The predicted molar refractivity (Wildman–Crippen MR) is 59.5 cm³/mol. The van der Waals surface area contributed by atoms with Crippen molar-refractivity contribution in [3.8, 4) is 0 Å². The van der Waals surface area contributed by atoms with Gasteiger partial charge in [0.15, 0.2) is 0 Å². The highest BCUT2D eigenvalue weighted by atomic mass is 32.2. The second-order valence-electron chi connectivity index (χ2n) is 3.00. The Bertz CT molecular complexity index is 254. The summed E-state index contributed by atoms with van der Waals surface area (Å²) in [4.78, 5) is 11.5. The minimum Gasteiger partial charge on any atom is -0.298 e. The monoisotopic (exact) mass is 214 g/mol. The second-order valence-corrected chi connectivity index (χ2v) is 5.22. The van der Waals surface area contributed by atoms with Crippen LogP contribution in [0.25, 0.3) is 0 Å². The molecule has 13 heavy (non-hydrogen) atoms. The quantitative estimate of drug-likeness (QED) is 0.698. The second kappa shape index (κ2) is 5.45. The summed E-state index contributed by atoms with van der Waals surface area (Å²) in [5.74, 6) is 1.20. The Morgan fingerprint density at radius 2 is 2.46 bits per heavy atom. The highest BCUT2D eigenvalue weighted by Gasteiger charge is 2.10. The number of ketones is 1. The number of rotatable bonds is 5. The molecule has 0 aliphatic carbocycles. The molecule has 0 bridgehead atoms. The van der Waals surface area contributed by atoms with E-state index in [0.29, 0.717) is 11.5 Å². The summed E-state index contributed by atoms with van der Waals surface area (Å²) in [6.45, 7) is 4.05. The van der Waals surface area contributed by atoms with E-state index >= 15 is 0 Å². The molecule has 0 radical (unpaired) electrons. The van der Waals surface area contributed by atoms with Gasteiger partial charge in [-0.15, -0.1) is 23.1 Å². The van der Waals surface area contributed by atoms with Crippen LogP contribution in [0.2, 0.25) is 0 Å². The summed E-state index contributed by atoms with van der Waals surface area (Å²) < 4.78 is 1.23. The maximum Gasteiger partial charge on any atom is 0.145 e. The van der Waals surface area contributed by atoms with Crippen molar-refractivity contribution in [3.05, 3.63) is 17.5 Å². The zero-order valence-electron chi connectivity index (χ0n) is 7.95. The van der Waals surface area contributed by atoms with Crippen molar-refractivity contribution in [2.45, 2.75) is 24.5 Å². The third-order valence-corrected chi connectivity index (χ3v) is 4.17. The Labute approximate surface area is 87.5 Å². The molecule has 3 heteroatoms. The van der Waals surface area contributed by atoms with E-state index in [-0.39, 0.29) is 5.92 Å². The lowest BCUT2D eigenvalue weighted by molar-refractivity contribution is -0.119. The molecule has 1 nitrogen and oxygen atoms in total. The van der Waals surface area contributed by atoms with Crippen LogP contribution in [-0.4, -0.2) is 11.5 Å². The van der Waals surface area contributed by atoms with E-state index < -0.39 is 0 Å². The molecule has 1 unspecified atom stereocenters. The lowest BCUT2D eigenvalue weighted by atomic mass is 10.1. The molecule has 1 heterocycles. The van der Waals surface area contributed by atoms with Crippen LogP contribution in [0.5, 0.6) is 0 Å². The van der Waals surface area contributed by atoms with Crippen LogP contribution in [-0.2, 0) is 4.79 Å². The van der Waals surface area contributed by atoms with Gasteiger partial charge in [0.1, 0.15) is 5.78 Å². The smallest absolute Gasteiger partial charge is 0.145 e. The summed E-state index contributed by atoms with van der Waals surface area (Å²) in [5.41, 5.74) is 0. The lowest BCUT2D eigenvalue weighted by Gasteiger charge is -2.05. The predicted octanol–water partition coefficient (Wildman–Crippen LogP) is 3.46. The number of thiophene rings is 1. The first kappa shape index (κ1) is 10.8. The highest BCUT2D eigenvalue weighted by Crippen LogP contribution is 2.24. The van der Waals surface area contributed by atoms with Crippen molar-refractivity contribution in [3.63, 3.8) is 0 Å². The molecule has 1 aromatic rings. The van der Waals surface area contributed by atoms with E-state index in [0.717, 1.165) is 6.42 Å². The molecule has 0 spiro atoms. The van der Waals surface area contributed by atoms with Crippen LogP contribution in [0, 0.1) is 5.92 Å². The molecule has 0 saturated heterocycles. The topological polar surface area (TPSA) is 17.1 Å². The molecule has 1 aromatic heterocycles. The lowest BCUT2D eigenvalue weighted by Crippen LogP contribution is -2.11. The first-order chi connectivity index (χ1) is 6.24. The first-order valence-corrected chi connectivity index (χ1v) is 6.29. The molecule has 0 amide bonds. The van der Waals surface area contributed by atoms with Gasteiger partial charge in [-0.1, -0.05) is 19.9 Å². The molecule has 0 aliphatic rings. The highest BCUT2D eigenvalue weighted by molar-refractivity contribution is 8.01. The van der Waals surface area contributed by atoms with Crippen LogP contribution in [0.15, 0.2) is 21.7 Å². The van der Waals surface area contributed by atoms with Gasteiger partial charge in [0, 0.05) is 5.92 Å². The van der Waals surface area contributed by atoms with Crippen molar-refractivity contribution in [1.29, 1.82) is 0 Å². The SMILES string of the molecule is CCC(C)C(=O)CSc1cccs1. The summed E-state index contributed by atoms with van der Waals surface area (Å²) in [6.07, 6.45) is 0.948. The minimum atomic E-state index is 0.215. The molecular formula is C10H14OS2. The van der Waals surface area contributed by atoms with Crippen molar-refractivity contribution >= 4 is 28.9 Å². The fourth-order valence-electron chi connectivity index (χ4n) is 0.858. The molecule has 0 aromatic carbocycles. The van der Waals surface area contributed by atoms with Gasteiger partial charge < -0.3 is 0 Å². The van der Waals surface area contributed by atoms with Gasteiger partial charge >= 0.3 is 0 Å². The van der Waals surface area contributed by atoms with Crippen molar-refractivity contribution in [1.82, 2.24) is 0 Å². The molecule has 1 atom stereocenters. The number of hydrogen-bond acceptors (Lipinski definition) is 3. The Kier molecular flexibility index (Phi) is 4.53. The molecule has 72 valence electrons. The van der Waals surface area contributed by atoms with Gasteiger partial charge in [0.2, 0.25) is 0 Å².